The Morgan fingerprint density at radius 3 is 1.54 bits per heavy atom. The number of carbonyl (C=O) groups is 3. The number of fused-ring (bicyclic) bond motifs is 18. The van der Waals surface area contributed by atoms with Crippen LogP contribution in [0.4, 0.5) is 0 Å². The number of ketones is 1. The first-order chi connectivity index (χ1) is 45.0. The van der Waals surface area contributed by atoms with Crippen LogP contribution in [0.1, 0.15) is 108 Å². The van der Waals surface area contributed by atoms with Crippen LogP contribution in [-0.4, -0.2) is 73.6 Å². The summed E-state index contributed by atoms with van der Waals surface area (Å²) in [5.41, 5.74) is 16.9. The van der Waals surface area contributed by atoms with Crippen molar-refractivity contribution in [2.24, 2.45) is 11.1 Å². The van der Waals surface area contributed by atoms with E-state index in [4.69, 9.17) is 33.9 Å². The number of Topliss-reactive ketones (excluding diaryl/α,β-unsaturated/α-hetero) is 1. The summed E-state index contributed by atoms with van der Waals surface area (Å²) in [6.45, 7) is 0.326. The van der Waals surface area contributed by atoms with E-state index < -0.39 is 5.97 Å². The summed E-state index contributed by atoms with van der Waals surface area (Å²) in [6.07, 6.45) is 20.4. The molecule has 0 bridgehead atoms. The zero-order valence-corrected chi connectivity index (χ0v) is 51.7. The predicted octanol–water partition coefficient (Wildman–Crippen LogP) is 16.2. The highest BCUT2D eigenvalue weighted by Crippen LogP contribution is 2.37. The number of carboxylic acids is 1. The Balaban J connectivity index is 0.000000114. The molecular formula is C72H56Cl3N11O7. The van der Waals surface area contributed by atoms with E-state index in [1.807, 2.05) is 152 Å². The number of nitrogens with one attached hydrogen (secondary N) is 5. The molecule has 21 heteroatoms. The van der Waals surface area contributed by atoms with Gasteiger partial charge in [-0.2, -0.15) is 0 Å². The van der Waals surface area contributed by atoms with Gasteiger partial charge in [-0.1, -0.05) is 150 Å². The van der Waals surface area contributed by atoms with Crippen molar-refractivity contribution in [2.75, 3.05) is 0 Å². The second kappa shape index (κ2) is 26.3. The first-order valence-electron chi connectivity index (χ1n) is 29.7. The maximum Gasteiger partial charge on any atom is 0.338 e. The highest BCUT2D eigenvalue weighted by molar-refractivity contribution is 6.31. The van der Waals surface area contributed by atoms with E-state index in [9.17, 15) is 24.7 Å². The molecule has 93 heavy (non-hydrogen) atoms. The molecule has 0 spiro atoms. The number of carbonyl (C=O) groups excluding carboxylic acids is 2. The van der Waals surface area contributed by atoms with Crippen molar-refractivity contribution in [2.45, 2.75) is 51.7 Å². The number of hydroxylamine groups is 1. The normalized spacial score (nSPS) is 14.0. The topological polar surface area (TPSA) is 275 Å². The number of amides is 1. The van der Waals surface area contributed by atoms with Crippen molar-refractivity contribution < 1.29 is 34.4 Å². The number of rotatable bonds is 7. The van der Waals surface area contributed by atoms with Crippen molar-refractivity contribution >= 4 is 170 Å². The van der Waals surface area contributed by atoms with Gasteiger partial charge in [0.25, 0.3) is 5.91 Å². The number of benzene rings is 6. The van der Waals surface area contributed by atoms with E-state index in [0.717, 1.165) is 170 Å². The van der Waals surface area contributed by atoms with Crippen molar-refractivity contribution in [1.82, 2.24) is 45.4 Å². The van der Waals surface area contributed by atoms with Gasteiger partial charge in [-0.3, -0.25) is 29.2 Å². The molecule has 8 aromatic heterocycles. The number of nitrogens with zero attached hydrogens (tertiary/aromatic N) is 5. The molecule has 1 aliphatic heterocycles. The molecule has 6 aromatic carbocycles. The third kappa shape index (κ3) is 12.1. The van der Waals surface area contributed by atoms with E-state index in [-0.39, 0.29) is 36.3 Å². The first-order valence-corrected chi connectivity index (χ1v) is 30.5. The number of oxime groups is 1. The molecule has 0 saturated carbocycles. The number of aromatic amines is 4. The average Bonchev–Trinajstić information content (AvgIpc) is 1.66. The Kier molecular flexibility index (Phi) is 17.4. The van der Waals surface area contributed by atoms with E-state index in [1.54, 1.807) is 24.7 Å². The van der Waals surface area contributed by atoms with Crippen LogP contribution in [0, 0.1) is 0 Å². The van der Waals surface area contributed by atoms with Crippen LogP contribution in [-0.2, 0) is 35.7 Å². The van der Waals surface area contributed by atoms with Gasteiger partial charge >= 0.3 is 5.97 Å². The van der Waals surface area contributed by atoms with Gasteiger partial charge in [0.15, 0.2) is 5.78 Å². The van der Waals surface area contributed by atoms with E-state index >= 15 is 0 Å². The molecule has 9 N–H and O–H groups in total. The zero-order chi connectivity index (χ0) is 63.0. The van der Waals surface area contributed by atoms with Crippen LogP contribution in [0.25, 0.3) is 111 Å². The smallest absolute Gasteiger partial charge is 0.338 e. The quantitative estimate of drug-likeness (QED) is 0.0420. The van der Waals surface area contributed by atoms with Crippen LogP contribution in [0.3, 0.4) is 0 Å². The Hall–Kier alpha value is -10.6. The van der Waals surface area contributed by atoms with Gasteiger partial charge in [0, 0.05) is 118 Å². The summed E-state index contributed by atoms with van der Waals surface area (Å²) in [7, 11) is 0. The molecule has 17 rings (SSSR count). The molecular weight excluding hydrogens is 1240 g/mol. The number of aryl methyl sites for hydroxylation is 2. The fraction of sp³-hybridized carbons (Fsp3) is 0.111. The van der Waals surface area contributed by atoms with Crippen LogP contribution in [0.15, 0.2) is 163 Å². The molecule has 9 heterocycles. The van der Waals surface area contributed by atoms with E-state index in [0.29, 0.717) is 40.0 Å². The summed E-state index contributed by atoms with van der Waals surface area (Å²) < 4.78 is 0. The van der Waals surface area contributed by atoms with Crippen LogP contribution in [0.2, 0.25) is 10.3 Å². The second-order valence-electron chi connectivity index (χ2n) is 22.5. The lowest BCUT2D eigenvalue weighted by molar-refractivity contribution is 0.0145. The minimum Gasteiger partial charge on any atom is -0.478 e. The Bertz CT molecular complexity index is 5370. The van der Waals surface area contributed by atoms with Crippen molar-refractivity contribution in [3.05, 3.63) is 236 Å². The summed E-state index contributed by atoms with van der Waals surface area (Å²) in [4.78, 5) is 76.3. The third-order valence-electron chi connectivity index (χ3n) is 16.9. The van der Waals surface area contributed by atoms with Gasteiger partial charge < -0.3 is 30.2 Å². The number of halogens is 3. The number of pyridine rings is 4. The number of aromatic carboxylic acids is 1. The highest BCUT2D eigenvalue weighted by Gasteiger charge is 2.27. The lowest BCUT2D eigenvalue weighted by atomic mass is 9.93. The van der Waals surface area contributed by atoms with Crippen molar-refractivity contribution in [3.8, 4) is 0 Å². The van der Waals surface area contributed by atoms with E-state index in [1.165, 1.54) is 0 Å². The molecule has 1 amide bonds. The fourth-order valence-corrected chi connectivity index (χ4v) is 13.0. The molecule has 2 aliphatic carbocycles. The summed E-state index contributed by atoms with van der Waals surface area (Å²) in [5, 5.41) is 34.8. The Morgan fingerprint density at radius 2 is 1.01 bits per heavy atom. The van der Waals surface area contributed by atoms with Crippen molar-refractivity contribution in [3.63, 3.8) is 0 Å². The zero-order valence-electron chi connectivity index (χ0n) is 49.4. The molecule has 0 fully saturated rings. The minimum atomic E-state index is -1.02. The first kappa shape index (κ1) is 61.3. The SMILES string of the molecule is Cl.NOCc1[nH]c2c(ccc3cnc(C=Cc4ccccc4)cc32)c1C(=O)O.O=C1CCCc2[nH]c3c(ccc4cnc(Cl)cc43)c21.O=C1NOCc2[nH]c3c(ccc4cnc(C=Cc5ccccc5)cc43)c21.ON=C1CCCc2[nH]c3c(ccc4cnc(Cl)cc43)c21. The molecule has 462 valence electrons. The largest absolute Gasteiger partial charge is 0.478 e. The maximum absolute atomic E-state index is 12.1. The number of hydrogen-bond donors (Lipinski definition) is 8. The molecule has 14 aromatic rings. The average molecular weight is 1290 g/mol. The number of hydrogen-bond acceptors (Lipinski definition) is 12. The molecule has 18 nitrogen and oxygen atoms in total. The highest BCUT2D eigenvalue weighted by atomic mass is 35.5. The molecule has 0 atom stereocenters. The lowest BCUT2D eigenvalue weighted by Crippen LogP contribution is -2.29. The van der Waals surface area contributed by atoms with Gasteiger partial charge in [-0.05, 0) is 79.6 Å². The lowest BCUT2D eigenvalue weighted by Gasteiger charge is -2.12. The fourth-order valence-electron chi connectivity index (χ4n) is 12.7. The summed E-state index contributed by atoms with van der Waals surface area (Å²) in [5.74, 6) is 4.16. The van der Waals surface area contributed by atoms with Gasteiger partial charge in [-0.15, -0.1) is 12.4 Å². The number of nitrogens with two attached hydrogens (primary N) is 1. The molecule has 0 unspecified atom stereocenters. The van der Waals surface area contributed by atoms with Gasteiger partial charge in [0.2, 0.25) is 0 Å². The minimum absolute atomic E-state index is 0. The van der Waals surface area contributed by atoms with Gasteiger partial charge in [-0.25, -0.2) is 26.1 Å². The van der Waals surface area contributed by atoms with Gasteiger partial charge in [0.1, 0.15) is 23.5 Å². The van der Waals surface area contributed by atoms with Crippen LogP contribution in [0.5, 0.6) is 0 Å². The third-order valence-corrected chi connectivity index (χ3v) is 17.3. The standard InChI is InChI=1S/C21H17N3O3.C21H15N3O2.C15H12ClN3O.C15H11ClN2O.ClH/c22-27-12-18-19(21(25)26)16-9-7-14-11-23-15(10-17(14)20(16)24-18)8-6-13-4-2-1-3-5-13;25-21-19-16-9-7-14-11-22-15(8-6-13-4-2-1-3-5-13)10-17(14)20(16)23-18(19)12-26-24-21;16-13-6-10-8(7-17-13)4-5-9-14-11(18-15(9)10)2-1-3-12(14)19-20;16-13-6-10-8(7-17-13)4-5-9-14-11(18-15(9)10)2-1-3-12(14)19;/h1-11,24H,12,22H2,(H,25,26);1-11,23H,12H2,(H,24,25);4-7,18,20H,1-3H2;4-7,18H,1-3H2;1H. The second-order valence-corrected chi connectivity index (χ2v) is 23.3. The van der Waals surface area contributed by atoms with Gasteiger partial charge in [0.05, 0.1) is 61.7 Å². The Labute approximate surface area is 545 Å². The summed E-state index contributed by atoms with van der Waals surface area (Å²) in [6, 6.07) is 43.4. The predicted molar refractivity (Wildman–Crippen MR) is 369 cm³/mol. The summed E-state index contributed by atoms with van der Waals surface area (Å²) >= 11 is 12.0. The maximum atomic E-state index is 12.1. The number of carboxylic acid groups (broad SMARTS) is 1. The monoisotopic (exact) mass is 1290 g/mol. The van der Waals surface area contributed by atoms with Crippen molar-refractivity contribution in [1.29, 1.82) is 0 Å². The molecule has 0 radical (unpaired) electrons. The molecule has 0 saturated heterocycles. The Morgan fingerprint density at radius 1 is 0.548 bits per heavy atom. The van der Waals surface area contributed by atoms with Crippen LogP contribution >= 0.6 is 35.6 Å². The van der Waals surface area contributed by atoms with E-state index in [2.05, 4.69) is 61.4 Å². The van der Waals surface area contributed by atoms with Crippen LogP contribution < -0.4 is 11.4 Å². The number of aromatic nitrogens is 8. The number of H-pyrrole nitrogens is 4. The molecule has 3 aliphatic rings.